The van der Waals surface area contributed by atoms with Crippen molar-refractivity contribution in [1.29, 1.82) is 0 Å². The fraction of sp³-hybridized carbons (Fsp3) is 0.188. The van der Waals surface area contributed by atoms with Crippen molar-refractivity contribution in [3.05, 3.63) is 66.0 Å². The van der Waals surface area contributed by atoms with Crippen molar-refractivity contribution in [2.45, 2.75) is 19.5 Å². The minimum Gasteiger partial charge on any atom is -0.346 e. The Bertz CT molecular complexity index is 658. The van der Waals surface area contributed by atoms with E-state index in [-0.39, 0.29) is 0 Å². The molecule has 2 heterocycles. The third-order valence-electron chi connectivity index (χ3n) is 3.44. The molecule has 0 aliphatic rings. The van der Waals surface area contributed by atoms with Gasteiger partial charge in [0.1, 0.15) is 5.65 Å². The van der Waals surface area contributed by atoms with Crippen LogP contribution >= 0.6 is 0 Å². The Morgan fingerprint density at radius 3 is 2.84 bits per heavy atom. The summed E-state index contributed by atoms with van der Waals surface area (Å²) in [6.07, 6.45) is 3.84. The van der Waals surface area contributed by atoms with Gasteiger partial charge < -0.3 is 10.3 Å². The fourth-order valence-electron chi connectivity index (χ4n) is 2.28. The first-order chi connectivity index (χ1) is 9.34. The van der Waals surface area contributed by atoms with Gasteiger partial charge in [-0.1, -0.05) is 30.3 Å². The first-order valence-electron chi connectivity index (χ1n) is 6.54. The summed E-state index contributed by atoms with van der Waals surface area (Å²) in [4.78, 5) is 7.50. The van der Waals surface area contributed by atoms with Crippen LogP contribution in [0.5, 0.6) is 0 Å². The number of pyridine rings is 1. The topological polar surface area (TPSA) is 40.7 Å². The maximum absolute atomic E-state index is 4.30. The zero-order valence-electron chi connectivity index (χ0n) is 10.9. The summed E-state index contributed by atoms with van der Waals surface area (Å²) in [6.45, 7) is 3.02. The molecule has 3 heteroatoms. The second-order valence-electron chi connectivity index (χ2n) is 4.73. The van der Waals surface area contributed by atoms with E-state index in [9.17, 15) is 0 Å². The van der Waals surface area contributed by atoms with Crippen molar-refractivity contribution in [2.24, 2.45) is 0 Å². The molecule has 96 valence electrons. The Balaban J connectivity index is 1.73. The van der Waals surface area contributed by atoms with Gasteiger partial charge in [0.25, 0.3) is 0 Å². The Kier molecular flexibility index (Phi) is 3.29. The van der Waals surface area contributed by atoms with E-state index >= 15 is 0 Å². The molecule has 0 saturated heterocycles. The molecule has 0 amide bonds. The van der Waals surface area contributed by atoms with Gasteiger partial charge in [0.05, 0.1) is 0 Å². The smallest absolute Gasteiger partial charge is 0.137 e. The van der Waals surface area contributed by atoms with Crippen molar-refractivity contribution in [1.82, 2.24) is 15.3 Å². The molecule has 3 nitrogen and oxygen atoms in total. The number of hydrogen-bond donors (Lipinski definition) is 2. The van der Waals surface area contributed by atoms with Gasteiger partial charge in [0.15, 0.2) is 0 Å². The van der Waals surface area contributed by atoms with Gasteiger partial charge >= 0.3 is 0 Å². The summed E-state index contributed by atoms with van der Waals surface area (Å²) >= 11 is 0. The minimum atomic E-state index is 0.336. The lowest BCUT2D eigenvalue weighted by Gasteiger charge is -2.13. The average molecular weight is 251 g/mol. The molecular formula is C16H17N3. The fourth-order valence-corrected chi connectivity index (χ4v) is 2.28. The first-order valence-corrected chi connectivity index (χ1v) is 6.54. The summed E-state index contributed by atoms with van der Waals surface area (Å²) in [5.74, 6) is 0. The van der Waals surface area contributed by atoms with E-state index < -0.39 is 0 Å². The molecule has 2 N–H and O–H groups in total. The molecule has 0 radical (unpaired) electrons. The summed E-state index contributed by atoms with van der Waals surface area (Å²) in [5, 5.41) is 4.74. The molecule has 1 unspecified atom stereocenters. The highest BCUT2D eigenvalue weighted by molar-refractivity contribution is 5.79. The SMILES string of the molecule is CC(NCc1c[nH]c2ncccc12)c1ccccc1. The largest absolute Gasteiger partial charge is 0.346 e. The second-order valence-corrected chi connectivity index (χ2v) is 4.73. The van der Waals surface area contributed by atoms with Gasteiger partial charge in [-0.3, -0.25) is 0 Å². The Labute approximate surface area is 112 Å². The van der Waals surface area contributed by atoms with E-state index in [0.29, 0.717) is 6.04 Å². The zero-order chi connectivity index (χ0) is 13.1. The first kappa shape index (κ1) is 11.9. The van der Waals surface area contributed by atoms with E-state index in [1.54, 1.807) is 0 Å². The van der Waals surface area contributed by atoms with Gasteiger partial charge in [0.2, 0.25) is 0 Å². The predicted molar refractivity (Wildman–Crippen MR) is 77.8 cm³/mol. The lowest BCUT2D eigenvalue weighted by atomic mass is 10.1. The number of rotatable bonds is 4. The molecule has 2 aromatic heterocycles. The number of aromatic nitrogens is 2. The molecule has 0 spiro atoms. The van der Waals surface area contributed by atoms with Crippen LogP contribution in [-0.4, -0.2) is 9.97 Å². The zero-order valence-corrected chi connectivity index (χ0v) is 10.9. The van der Waals surface area contributed by atoms with Gasteiger partial charge in [-0.15, -0.1) is 0 Å². The third-order valence-corrected chi connectivity index (χ3v) is 3.44. The molecule has 0 aliphatic carbocycles. The van der Waals surface area contributed by atoms with E-state index in [1.165, 1.54) is 16.5 Å². The molecule has 19 heavy (non-hydrogen) atoms. The molecule has 0 aliphatic heterocycles. The van der Waals surface area contributed by atoms with Crippen LogP contribution in [0.1, 0.15) is 24.1 Å². The predicted octanol–water partition coefficient (Wildman–Crippen LogP) is 3.41. The standard InChI is InChI=1S/C16H17N3/c1-12(13-6-3-2-4-7-13)18-10-14-11-19-16-15(14)8-5-9-17-16/h2-9,11-12,18H,10H2,1H3,(H,17,19). The molecule has 0 saturated carbocycles. The molecule has 1 aromatic carbocycles. The number of fused-ring (bicyclic) bond motifs is 1. The maximum Gasteiger partial charge on any atom is 0.137 e. The summed E-state index contributed by atoms with van der Waals surface area (Å²) < 4.78 is 0. The molecule has 0 bridgehead atoms. The van der Waals surface area contributed by atoms with Gasteiger partial charge in [-0.25, -0.2) is 4.98 Å². The summed E-state index contributed by atoms with van der Waals surface area (Å²) in [6, 6.07) is 14.9. The van der Waals surface area contributed by atoms with Crippen LogP contribution < -0.4 is 5.32 Å². The van der Waals surface area contributed by atoms with Crippen LogP contribution in [0.2, 0.25) is 0 Å². The Morgan fingerprint density at radius 1 is 1.16 bits per heavy atom. The maximum atomic E-state index is 4.30. The van der Waals surface area contributed by atoms with Crippen molar-refractivity contribution in [2.75, 3.05) is 0 Å². The molecule has 0 fully saturated rings. The van der Waals surface area contributed by atoms with Crippen molar-refractivity contribution in [3.8, 4) is 0 Å². The van der Waals surface area contributed by atoms with Crippen molar-refractivity contribution < 1.29 is 0 Å². The van der Waals surface area contributed by atoms with Crippen LogP contribution in [-0.2, 0) is 6.54 Å². The number of aromatic amines is 1. The highest BCUT2D eigenvalue weighted by Crippen LogP contribution is 2.17. The van der Waals surface area contributed by atoms with Crippen LogP contribution in [0, 0.1) is 0 Å². The number of nitrogens with zero attached hydrogens (tertiary/aromatic N) is 1. The highest BCUT2D eigenvalue weighted by atomic mass is 14.9. The second kappa shape index (κ2) is 5.24. The number of hydrogen-bond acceptors (Lipinski definition) is 2. The van der Waals surface area contributed by atoms with Gasteiger partial charge in [0, 0.05) is 30.4 Å². The van der Waals surface area contributed by atoms with Crippen molar-refractivity contribution in [3.63, 3.8) is 0 Å². The van der Waals surface area contributed by atoms with Gasteiger partial charge in [-0.05, 0) is 30.2 Å². The van der Waals surface area contributed by atoms with Crippen LogP contribution in [0.15, 0.2) is 54.9 Å². The molecular weight excluding hydrogens is 234 g/mol. The van der Waals surface area contributed by atoms with E-state index in [1.807, 2.05) is 24.5 Å². The van der Waals surface area contributed by atoms with Crippen molar-refractivity contribution >= 4 is 11.0 Å². The lowest BCUT2D eigenvalue weighted by molar-refractivity contribution is 0.576. The number of H-pyrrole nitrogens is 1. The van der Waals surface area contributed by atoms with Crippen LogP contribution in [0.25, 0.3) is 11.0 Å². The van der Waals surface area contributed by atoms with E-state index in [2.05, 4.69) is 52.5 Å². The quantitative estimate of drug-likeness (QED) is 0.746. The highest BCUT2D eigenvalue weighted by Gasteiger charge is 2.07. The Morgan fingerprint density at radius 2 is 2.00 bits per heavy atom. The average Bonchev–Trinajstić information content (AvgIpc) is 2.89. The van der Waals surface area contributed by atoms with Crippen LogP contribution in [0.3, 0.4) is 0 Å². The monoisotopic (exact) mass is 251 g/mol. The molecule has 3 rings (SSSR count). The summed E-state index contributed by atoms with van der Waals surface area (Å²) in [7, 11) is 0. The summed E-state index contributed by atoms with van der Waals surface area (Å²) in [5.41, 5.74) is 3.51. The molecule has 3 aromatic rings. The van der Waals surface area contributed by atoms with Gasteiger partial charge in [-0.2, -0.15) is 0 Å². The van der Waals surface area contributed by atoms with Crippen LogP contribution in [0.4, 0.5) is 0 Å². The normalized spacial score (nSPS) is 12.7. The Hall–Kier alpha value is -2.13. The van der Waals surface area contributed by atoms with E-state index in [0.717, 1.165) is 12.2 Å². The number of nitrogens with one attached hydrogen (secondary N) is 2. The number of benzene rings is 1. The third kappa shape index (κ3) is 2.51. The molecule has 1 atom stereocenters. The minimum absolute atomic E-state index is 0.336. The van der Waals surface area contributed by atoms with E-state index in [4.69, 9.17) is 0 Å². The lowest BCUT2D eigenvalue weighted by Crippen LogP contribution is -2.17.